The van der Waals surface area contributed by atoms with Crippen molar-refractivity contribution in [3.8, 4) is 11.5 Å². The minimum Gasteiger partial charge on any atom is -0.497 e. The number of nitrogens with one attached hydrogen (secondary N) is 3. The van der Waals surface area contributed by atoms with Gasteiger partial charge in [-0.2, -0.15) is 0 Å². The Morgan fingerprint density at radius 3 is 2.85 bits per heavy atom. The van der Waals surface area contributed by atoms with E-state index in [1.54, 1.807) is 13.3 Å². The molecular weight excluding hydrogens is 526 g/mol. The topological polar surface area (TPSA) is 96.5 Å². The predicted octanol–water partition coefficient (Wildman–Crippen LogP) is 4.66. The van der Waals surface area contributed by atoms with E-state index in [9.17, 15) is 4.79 Å². The number of rotatable bonds is 16. The van der Waals surface area contributed by atoms with E-state index in [4.69, 9.17) is 14.2 Å². The SMILES string of the molecule is C=N/C=C\C(NCNc1ccc(OCCCN2CCOC2)cc1)c1ccc(C(=O)NCc2cccc(OC)c2)s1. The Morgan fingerprint density at radius 1 is 1.20 bits per heavy atom. The van der Waals surface area contributed by atoms with Gasteiger partial charge in [0, 0.05) is 36.4 Å². The third-order valence-corrected chi connectivity index (χ3v) is 7.48. The molecule has 3 aromatic rings. The zero-order valence-electron chi connectivity index (χ0n) is 22.8. The van der Waals surface area contributed by atoms with Crippen LogP contribution in [0.25, 0.3) is 0 Å². The number of anilines is 1. The molecule has 1 aliphatic heterocycles. The van der Waals surface area contributed by atoms with Crippen LogP contribution in [0.2, 0.25) is 0 Å². The molecule has 212 valence electrons. The second kappa shape index (κ2) is 15.8. The first kappa shape index (κ1) is 29.3. The molecule has 40 heavy (non-hydrogen) atoms. The highest BCUT2D eigenvalue weighted by atomic mass is 32.1. The van der Waals surface area contributed by atoms with E-state index in [1.165, 1.54) is 11.3 Å². The molecule has 1 fully saturated rings. The van der Waals surface area contributed by atoms with E-state index in [1.807, 2.05) is 66.7 Å². The zero-order valence-corrected chi connectivity index (χ0v) is 23.6. The molecule has 1 saturated heterocycles. The Balaban J connectivity index is 1.23. The average Bonchev–Trinajstić information content (AvgIpc) is 3.70. The summed E-state index contributed by atoms with van der Waals surface area (Å²) in [7, 11) is 1.63. The molecule has 10 heteroatoms. The minimum atomic E-state index is -0.133. The summed E-state index contributed by atoms with van der Waals surface area (Å²) in [5.41, 5.74) is 1.95. The molecule has 3 N–H and O–H groups in total. The van der Waals surface area contributed by atoms with Crippen molar-refractivity contribution in [2.24, 2.45) is 4.99 Å². The van der Waals surface area contributed by atoms with Gasteiger partial charge in [0.25, 0.3) is 5.91 Å². The summed E-state index contributed by atoms with van der Waals surface area (Å²) in [5, 5.41) is 9.82. The van der Waals surface area contributed by atoms with Gasteiger partial charge in [0.2, 0.25) is 0 Å². The molecule has 0 radical (unpaired) electrons. The highest BCUT2D eigenvalue weighted by molar-refractivity contribution is 7.14. The molecule has 2 heterocycles. The van der Waals surface area contributed by atoms with Gasteiger partial charge >= 0.3 is 0 Å². The van der Waals surface area contributed by atoms with Crippen LogP contribution < -0.4 is 25.4 Å². The second-order valence-corrected chi connectivity index (χ2v) is 10.3. The van der Waals surface area contributed by atoms with Crippen molar-refractivity contribution in [2.75, 3.05) is 52.1 Å². The van der Waals surface area contributed by atoms with Crippen LogP contribution in [0.15, 0.2) is 77.9 Å². The molecule has 1 amide bonds. The quantitative estimate of drug-likeness (QED) is 0.133. The maximum absolute atomic E-state index is 12.8. The zero-order chi connectivity index (χ0) is 28.0. The Labute approximate surface area is 239 Å². The average molecular weight is 564 g/mol. The van der Waals surface area contributed by atoms with Crippen molar-refractivity contribution in [3.63, 3.8) is 0 Å². The number of ether oxygens (including phenoxy) is 3. The molecule has 0 spiro atoms. The Morgan fingerprint density at radius 2 is 2.08 bits per heavy atom. The molecule has 0 aliphatic carbocycles. The number of benzene rings is 2. The number of carbonyl (C=O) groups excluding carboxylic acids is 1. The molecule has 1 aliphatic rings. The summed E-state index contributed by atoms with van der Waals surface area (Å²) in [6.45, 7) is 8.69. The first-order valence-electron chi connectivity index (χ1n) is 13.3. The van der Waals surface area contributed by atoms with Crippen LogP contribution in [0.5, 0.6) is 11.5 Å². The lowest BCUT2D eigenvalue weighted by Gasteiger charge is -2.15. The third-order valence-electron chi connectivity index (χ3n) is 6.31. The van der Waals surface area contributed by atoms with Crippen molar-refractivity contribution >= 4 is 29.6 Å². The van der Waals surface area contributed by atoms with Gasteiger partial charge in [-0.1, -0.05) is 12.1 Å². The van der Waals surface area contributed by atoms with Crippen LogP contribution in [0, 0.1) is 0 Å². The molecule has 2 aromatic carbocycles. The number of amides is 1. The van der Waals surface area contributed by atoms with Crippen LogP contribution in [0.4, 0.5) is 5.69 Å². The number of hydrogen-bond acceptors (Lipinski definition) is 9. The Kier molecular flexibility index (Phi) is 11.6. The van der Waals surface area contributed by atoms with E-state index in [0.29, 0.717) is 24.7 Å². The van der Waals surface area contributed by atoms with Gasteiger partial charge in [-0.3, -0.25) is 20.0 Å². The van der Waals surface area contributed by atoms with Crippen molar-refractivity contribution in [1.82, 2.24) is 15.5 Å². The first-order valence-corrected chi connectivity index (χ1v) is 14.1. The molecule has 0 saturated carbocycles. The minimum absolute atomic E-state index is 0.117. The maximum atomic E-state index is 12.8. The normalized spacial score (nSPS) is 14.2. The van der Waals surface area contributed by atoms with Gasteiger partial charge in [0.05, 0.1) is 44.6 Å². The molecule has 4 rings (SSSR count). The second-order valence-electron chi connectivity index (χ2n) is 9.18. The monoisotopic (exact) mass is 563 g/mol. The molecule has 9 nitrogen and oxygen atoms in total. The first-order chi connectivity index (χ1) is 19.6. The lowest BCUT2D eigenvalue weighted by atomic mass is 10.2. The van der Waals surface area contributed by atoms with E-state index in [-0.39, 0.29) is 11.9 Å². The highest BCUT2D eigenvalue weighted by Crippen LogP contribution is 2.25. The fourth-order valence-corrected chi connectivity index (χ4v) is 5.12. The molecule has 1 atom stereocenters. The maximum Gasteiger partial charge on any atom is 0.261 e. The van der Waals surface area contributed by atoms with E-state index >= 15 is 0 Å². The van der Waals surface area contributed by atoms with Gasteiger partial charge in [-0.25, -0.2) is 0 Å². The van der Waals surface area contributed by atoms with Crippen LogP contribution in [-0.2, 0) is 11.3 Å². The van der Waals surface area contributed by atoms with Crippen LogP contribution in [-0.4, -0.2) is 64.3 Å². The van der Waals surface area contributed by atoms with E-state index < -0.39 is 0 Å². The van der Waals surface area contributed by atoms with Gasteiger partial charge < -0.3 is 24.8 Å². The van der Waals surface area contributed by atoms with E-state index in [2.05, 4.69) is 32.6 Å². The van der Waals surface area contributed by atoms with Crippen molar-refractivity contribution < 1.29 is 19.0 Å². The molecular formula is C30H37N5O4S. The lowest BCUT2D eigenvalue weighted by molar-refractivity contribution is 0.0955. The fourth-order valence-electron chi connectivity index (χ4n) is 4.14. The molecule has 0 bridgehead atoms. The fraction of sp³-hybridized carbons (Fsp3) is 0.333. The lowest BCUT2D eigenvalue weighted by Crippen LogP contribution is -2.25. The highest BCUT2D eigenvalue weighted by Gasteiger charge is 2.15. The van der Waals surface area contributed by atoms with E-state index in [0.717, 1.165) is 60.5 Å². The smallest absolute Gasteiger partial charge is 0.261 e. The van der Waals surface area contributed by atoms with Gasteiger partial charge in [-0.05, 0) is 73.3 Å². The summed E-state index contributed by atoms with van der Waals surface area (Å²) in [4.78, 5) is 20.5. The van der Waals surface area contributed by atoms with Crippen LogP contribution in [0.3, 0.4) is 0 Å². The standard InChI is InChI=1S/C30H37N5O4S/c1-31-14-13-27(28-11-12-29(40-28)30(36)32-20-23-5-3-6-26(19-23)37-2)34-21-33-24-7-9-25(10-8-24)39-17-4-15-35-16-18-38-22-35/h3,5-14,19,27,33-34H,1,4,15-18,20-22H2,2H3,(H,32,36)/b14-13-. The van der Waals surface area contributed by atoms with Crippen LogP contribution >= 0.6 is 11.3 Å². The summed E-state index contributed by atoms with van der Waals surface area (Å²) < 4.78 is 16.5. The summed E-state index contributed by atoms with van der Waals surface area (Å²) in [6.07, 6.45) is 4.54. The van der Waals surface area contributed by atoms with Crippen molar-refractivity contribution in [2.45, 2.75) is 19.0 Å². The number of thiophene rings is 1. The molecule has 1 aromatic heterocycles. The third kappa shape index (κ3) is 9.20. The Hall–Kier alpha value is -3.70. The summed E-state index contributed by atoms with van der Waals surface area (Å²) in [6, 6.07) is 19.2. The van der Waals surface area contributed by atoms with Crippen molar-refractivity contribution in [1.29, 1.82) is 0 Å². The number of nitrogens with zero attached hydrogens (tertiary/aromatic N) is 2. The number of carbonyl (C=O) groups is 1. The van der Waals surface area contributed by atoms with Crippen LogP contribution in [0.1, 0.15) is 32.6 Å². The predicted molar refractivity (Wildman–Crippen MR) is 160 cm³/mol. The number of aliphatic imine (C=N–C) groups is 1. The number of methoxy groups -OCH3 is 1. The Bertz CT molecular complexity index is 1240. The molecule has 1 unspecified atom stereocenters. The van der Waals surface area contributed by atoms with Gasteiger partial charge in [0.1, 0.15) is 11.5 Å². The summed E-state index contributed by atoms with van der Waals surface area (Å²) >= 11 is 1.44. The van der Waals surface area contributed by atoms with Gasteiger partial charge in [0.15, 0.2) is 0 Å². The van der Waals surface area contributed by atoms with Crippen molar-refractivity contribution in [3.05, 3.63) is 88.3 Å². The number of hydrogen-bond donors (Lipinski definition) is 3. The summed E-state index contributed by atoms with van der Waals surface area (Å²) in [5.74, 6) is 1.50. The largest absolute Gasteiger partial charge is 0.497 e. The van der Waals surface area contributed by atoms with Gasteiger partial charge in [-0.15, -0.1) is 11.3 Å².